The van der Waals surface area contributed by atoms with E-state index in [2.05, 4.69) is 24.1 Å². The number of carbonyl (C=O) groups is 1. The van der Waals surface area contributed by atoms with Gasteiger partial charge in [-0.15, -0.1) is 0 Å². The molecule has 108 valence electrons. The summed E-state index contributed by atoms with van der Waals surface area (Å²) in [5.74, 6) is 0.950. The van der Waals surface area contributed by atoms with Gasteiger partial charge >= 0.3 is 0 Å². The highest BCUT2D eigenvalue weighted by Gasteiger charge is 2.51. The largest absolute Gasteiger partial charge is 0.372 e. The topological polar surface area (TPSA) is 41.6 Å². The van der Waals surface area contributed by atoms with Crippen LogP contribution in [0.4, 0.5) is 0 Å². The molecule has 4 atom stereocenters. The first-order valence-corrected chi connectivity index (χ1v) is 7.77. The van der Waals surface area contributed by atoms with Gasteiger partial charge in [0.1, 0.15) is 0 Å². The van der Waals surface area contributed by atoms with E-state index in [1.165, 1.54) is 19.3 Å². The van der Waals surface area contributed by atoms with E-state index in [9.17, 15) is 4.79 Å². The summed E-state index contributed by atoms with van der Waals surface area (Å²) in [4.78, 5) is 15.2. The van der Waals surface area contributed by atoms with Crippen LogP contribution in [0, 0.1) is 11.3 Å². The molecule has 2 aliphatic heterocycles. The van der Waals surface area contributed by atoms with Crippen molar-refractivity contribution < 1.29 is 9.53 Å². The van der Waals surface area contributed by atoms with E-state index in [-0.39, 0.29) is 17.6 Å². The maximum absolute atomic E-state index is 13.1. The average molecular weight is 266 g/mol. The smallest absolute Gasteiger partial charge is 0.230 e. The number of rotatable bonds is 1. The minimum Gasteiger partial charge on any atom is -0.372 e. The second-order valence-corrected chi connectivity index (χ2v) is 6.70. The van der Waals surface area contributed by atoms with Crippen molar-refractivity contribution in [1.82, 2.24) is 10.2 Å². The molecule has 0 bridgehead atoms. The molecule has 3 fully saturated rings. The van der Waals surface area contributed by atoms with Crippen molar-refractivity contribution >= 4 is 5.91 Å². The predicted molar refractivity (Wildman–Crippen MR) is 73.8 cm³/mol. The first kappa shape index (κ1) is 13.4. The Hall–Kier alpha value is -0.610. The van der Waals surface area contributed by atoms with Crippen LogP contribution in [-0.4, -0.2) is 49.2 Å². The Morgan fingerprint density at radius 1 is 1.26 bits per heavy atom. The number of nitrogens with zero attached hydrogens (tertiary/aromatic N) is 1. The molecule has 1 amide bonds. The van der Waals surface area contributed by atoms with Crippen molar-refractivity contribution in [2.45, 2.75) is 51.7 Å². The molecule has 0 aromatic rings. The zero-order chi connectivity index (χ0) is 13.5. The van der Waals surface area contributed by atoms with Gasteiger partial charge in [-0.1, -0.05) is 12.8 Å². The molecule has 2 heterocycles. The zero-order valence-electron chi connectivity index (χ0n) is 12.2. The molecule has 4 nitrogen and oxygen atoms in total. The number of morpholine rings is 1. The Morgan fingerprint density at radius 3 is 2.74 bits per heavy atom. The van der Waals surface area contributed by atoms with Crippen molar-refractivity contribution in [3.63, 3.8) is 0 Å². The summed E-state index contributed by atoms with van der Waals surface area (Å²) in [6.07, 6.45) is 5.12. The van der Waals surface area contributed by atoms with Crippen LogP contribution in [0.1, 0.15) is 39.5 Å². The summed E-state index contributed by atoms with van der Waals surface area (Å²) in [7, 11) is 0. The number of carbonyl (C=O) groups excluding carboxylic acids is 1. The molecule has 19 heavy (non-hydrogen) atoms. The van der Waals surface area contributed by atoms with E-state index in [1.807, 2.05) is 0 Å². The van der Waals surface area contributed by atoms with E-state index in [4.69, 9.17) is 4.74 Å². The molecular formula is C15H26N2O2. The average Bonchev–Trinajstić information content (AvgIpc) is 2.81. The summed E-state index contributed by atoms with van der Waals surface area (Å²) >= 11 is 0. The van der Waals surface area contributed by atoms with Gasteiger partial charge in [0.25, 0.3) is 0 Å². The van der Waals surface area contributed by atoms with Crippen LogP contribution in [-0.2, 0) is 9.53 Å². The van der Waals surface area contributed by atoms with Gasteiger partial charge in [-0.05, 0) is 39.2 Å². The zero-order valence-corrected chi connectivity index (χ0v) is 12.2. The van der Waals surface area contributed by atoms with Crippen LogP contribution >= 0.6 is 0 Å². The number of fused-ring (bicyclic) bond motifs is 1. The predicted octanol–water partition coefficient (Wildman–Crippen LogP) is 1.40. The molecule has 2 unspecified atom stereocenters. The van der Waals surface area contributed by atoms with Crippen LogP contribution in [0.15, 0.2) is 0 Å². The third-order valence-corrected chi connectivity index (χ3v) is 5.17. The van der Waals surface area contributed by atoms with Gasteiger partial charge in [-0.3, -0.25) is 4.79 Å². The van der Waals surface area contributed by atoms with E-state index in [0.29, 0.717) is 11.8 Å². The minimum atomic E-state index is -0.102. The highest BCUT2D eigenvalue weighted by Crippen LogP contribution is 2.45. The van der Waals surface area contributed by atoms with Gasteiger partial charge < -0.3 is 15.0 Å². The lowest BCUT2D eigenvalue weighted by Gasteiger charge is -2.44. The number of nitrogens with one attached hydrogen (secondary N) is 1. The fraction of sp³-hybridized carbons (Fsp3) is 0.933. The number of amides is 1. The molecule has 1 saturated carbocycles. The molecule has 0 radical (unpaired) electrons. The van der Waals surface area contributed by atoms with Crippen LogP contribution < -0.4 is 5.32 Å². The Kier molecular flexibility index (Phi) is 3.56. The molecule has 0 aromatic carbocycles. The molecule has 0 aromatic heterocycles. The number of hydrogen-bond donors (Lipinski definition) is 1. The molecule has 2 saturated heterocycles. The van der Waals surface area contributed by atoms with Gasteiger partial charge in [0, 0.05) is 19.6 Å². The van der Waals surface area contributed by atoms with Crippen molar-refractivity contribution in [3.05, 3.63) is 0 Å². The van der Waals surface area contributed by atoms with E-state index in [0.717, 1.165) is 32.6 Å². The third-order valence-electron chi connectivity index (χ3n) is 5.17. The molecule has 4 heteroatoms. The highest BCUT2D eigenvalue weighted by molar-refractivity contribution is 5.84. The van der Waals surface area contributed by atoms with Crippen molar-refractivity contribution in [3.8, 4) is 0 Å². The maximum atomic E-state index is 13.1. The van der Waals surface area contributed by atoms with Gasteiger partial charge in [-0.25, -0.2) is 0 Å². The van der Waals surface area contributed by atoms with Crippen LogP contribution in [0.25, 0.3) is 0 Å². The maximum Gasteiger partial charge on any atom is 0.230 e. The first-order valence-electron chi connectivity index (χ1n) is 7.77. The van der Waals surface area contributed by atoms with Gasteiger partial charge in [0.2, 0.25) is 5.91 Å². The van der Waals surface area contributed by atoms with Gasteiger partial charge in [0.15, 0.2) is 0 Å². The summed E-state index contributed by atoms with van der Waals surface area (Å²) in [5, 5.41) is 3.47. The highest BCUT2D eigenvalue weighted by atomic mass is 16.5. The van der Waals surface area contributed by atoms with Crippen molar-refractivity contribution in [2.75, 3.05) is 26.2 Å². The Labute approximate surface area is 115 Å². The lowest BCUT2D eigenvalue weighted by atomic mass is 9.67. The summed E-state index contributed by atoms with van der Waals surface area (Å²) in [6, 6.07) is 0. The molecule has 1 N–H and O–H groups in total. The molecule has 3 rings (SSSR count). The summed E-state index contributed by atoms with van der Waals surface area (Å²) < 4.78 is 5.75. The lowest BCUT2D eigenvalue weighted by Crippen LogP contribution is -2.56. The molecule has 1 aliphatic carbocycles. The normalized spacial score (nSPS) is 43.1. The standard InChI is InChI=1S/C15H26N2O2/c1-11-8-17(9-12(2)19-11)14(18)15-6-4-3-5-13(15)7-16-10-15/h11-13,16H,3-10H2,1-2H3/t11?,12?,13-,15+/m0/s1. The summed E-state index contributed by atoms with van der Waals surface area (Å²) in [5.41, 5.74) is -0.102. The Balaban J connectivity index is 1.78. The van der Waals surface area contributed by atoms with E-state index >= 15 is 0 Å². The fourth-order valence-corrected chi connectivity index (χ4v) is 4.33. The van der Waals surface area contributed by atoms with Crippen LogP contribution in [0.3, 0.4) is 0 Å². The van der Waals surface area contributed by atoms with Crippen molar-refractivity contribution in [1.29, 1.82) is 0 Å². The third kappa shape index (κ3) is 2.29. The SMILES string of the molecule is CC1CN(C(=O)[C@@]23CCCC[C@H]2CNC3)CC(C)O1. The monoisotopic (exact) mass is 266 g/mol. The number of ether oxygens (including phenoxy) is 1. The lowest BCUT2D eigenvalue weighted by molar-refractivity contribution is -0.156. The van der Waals surface area contributed by atoms with E-state index < -0.39 is 0 Å². The quantitative estimate of drug-likeness (QED) is 0.780. The molecular weight excluding hydrogens is 240 g/mol. The minimum absolute atomic E-state index is 0.102. The second kappa shape index (κ2) is 5.06. The molecule has 3 aliphatic rings. The Morgan fingerprint density at radius 2 is 2.00 bits per heavy atom. The molecule has 0 spiro atoms. The van der Waals surface area contributed by atoms with E-state index in [1.54, 1.807) is 0 Å². The van der Waals surface area contributed by atoms with Crippen LogP contribution in [0.2, 0.25) is 0 Å². The second-order valence-electron chi connectivity index (χ2n) is 6.70. The first-order chi connectivity index (χ1) is 9.12. The number of hydrogen-bond acceptors (Lipinski definition) is 3. The van der Waals surface area contributed by atoms with Gasteiger partial charge in [-0.2, -0.15) is 0 Å². The van der Waals surface area contributed by atoms with Crippen LogP contribution in [0.5, 0.6) is 0 Å². The summed E-state index contributed by atoms with van der Waals surface area (Å²) in [6.45, 7) is 7.57. The van der Waals surface area contributed by atoms with Crippen molar-refractivity contribution in [2.24, 2.45) is 11.3 Å². The van der Waals surface area contributed by atoms with Gasteiger partial charge in [0.05, 0.1) is 17.6 Å². The fourth-order valence-electron chi connectivity index (χ4n) is 4.33. The Bertz CT molecular complexity index is 350.